The van der Waals surface area contributed by atoms with Gasteiger partial charge in [0, 0.05) is 30.7 Å². The molecule has 0 saturated heterocycles. The first-order valence-electron chi connectivity index (χ1n) is 6.59. The molecule has 0 aromatic heterocycles. The summed E-state index contributed by atoms with van der Waals surface area (Å²) in [6.45, 7) is 8.88. The first-order chi connectivity index (χ1) is 8.47. The van der Waals surface area contributed by atoms with Gasteiger partial charge < -0.3 is 10.2 Å². The zero-order valence-corrected chi connectivity index (χ0v) is 11.5. The molecular formula is C15H22N2O. The molecule has 1 N–H and O–H groups in total. The largest absolute Gasteiger partial charge is 0.337 e. The first-order valence-corrected chi connectivity index (χ1v) is 6.59. The number of carbonyl (C=O) groups is 1. The third-order valence-corrected chi connectivity index (χ3v) is 3.22. The number of nitrogens with zero attached hydrogens (tertiary/aromatic N) is 1. The second kappa shape index (κ2) is 5.11. The van der Waals surface area contributed by atoms with Crippen LogP contribution in [0.15, 0.2) is 24.3 Å². The molecule has 2 rings (SSSR count). The molecule has 1 aliphatic rings. The fraction of sp³-hybridized carbons (Fsp3) is 0.533. The highest BCUT2D eigenvalue weighted by Crippen LogP contribution is 2.18. The van der Waals surface area contributed by atoms with Gasteiger partial charge in [0.1, 0.15) is 0 Å². The highest BCUT2D eigenvalue weighted by molar-refractivity contribution is 5.96. The lowest BCUT2D eigenvalue weighted by atomic mass is 9.99. The molecule has 1 heterocycles. The minimum absolute atomic E-state index is 0.108. The summed E-state index contributed by atoms with van der Waals surface area (Å²) in [6, 6.07) is 7.93. The van der Waals surface area contributed by atoms with Crippen LogP contribution >= 0.6 is 0 Å². The molecule has 0 bridgehead atoms. The quantitative estimate of drug-likeness (QED) is 0.885. The molecule has 1 aliphatic heterocycles. The molecule has 0 aliphatic carbocycles. The van der Waals surface area contributed by atoms with Gasteiger partial charge in [0.25, 0.3) is 5.91 Å². The van der Waals surface area contributed by atoms with Crippen LogP contribution in [0.4, 0.5) is 0 Å². The van der Waals surface area contributed by atoms with E-state index >= 15 is 0 Å². The van der Waals surface area contributed by atoms with E-state index < -0.39 is 0 Å². The van der Waals surface area contributed by atoms with Gasteiger partial charge in [-0.15, -0.1) is 0 Å². The van der Waals surface area contributed by atoms with Gasteiger partial charge in [-0.25, -0.2) is 0 Å². The monoisotopic (exact) mass is 246 g/mol. The van der Waals surface area contributed by atoms with Gasteiger partial charge in [0.2, 0.25) is 0 Å². The lowest BCUT2D eigenvalue weighted by Crippen LogP contribution is -2.45. The van der Waals surface area contributed by atoms with Gasteiger partial charge in [-0.05, 0) is 38.8 Å². The van der Waals surface area contributed by atoms with E-state index in [-0.39, 0.29) is 11.4 Å². The average molecular weight is 246 g/mol. The molecule has 1 aromatic carbocycles. The van der Waals surface area contributed by atoms with E-state index in [2.05, 4.69) is 32.2 Å². The second-order valence-electron chi connectivity index (χ2n) is 5.88. The van der Waals surface area contributed by atoms with E-state index in [4.69, 9.17) is 0 Å². The summed E-state index contributed by atoms with van der Waals surface area (Å²) < 4.78 is 0. The van der Waals surface area contributed by atoms with Crippen LogP contribution < -0.4 is 5.32 Å². The summed E-state index contributed by atoms with van der Waals surface area (Å²) in [5.74, 6) is 0.174. The van der Waals surface area contributed by atoms with E-state index in [0.717, 1.165) is 31.6 Å². The van der Waals surface area contributed by atoms with Crippen LogP contribution in [0.25, 0.3) is 0 Å². The maximum Gasteiger partial charge on any atom is 0.254 e. The van der Waals surface area contributed by atoms with Crippen LogP contribution in [0.5, 0.6) is 0 Å². The van der Waals surface area contributed by atoms with Crippen LogP contribution in [0.1, 0.15) is 36.7 Å². The molecule has 0 unspecified atom stereocenters. The number of rotatable bonds is 3. The summed E-state index contributed by atoms with van der Waals surface area (Å²) in [4.78, 5) is 14.2. The third-order valence-electron chi connectivity index (χ3n) is 3.22. The van der Waals surface area contributed by atoms with E-state index in [0.29, 0.717) is 0 Å². The van der Waals surface area contributed by atoms with Crippen molar-refractivity contribution in [2.75, 3.05) is 19.6 Å². The number of hydrogen-bond acceptors (Lipinski definition) is 2. The fourth-order valence-corrected chi connectivity index (χ4v) is 2.25. The molecule has 3 nitrogen and oxygen atoms in total. The molecule has 0 spiro atoms. The Labute approximate surface area is 109 Å². The van der Waals surface area contributed by atoms with E-state index in [9.17, 15) is 4.79 Å². The van der Waals surface area contributed by atoms with Crippen LogP contribution in [-0.4, -0.2) is 36.0 Å². The first kappa shape index (κ1) is 13.1. The van der Waals surface area contributed by atoms with Crippen molar-refractivity contribution >= 4 is 5.91 Å². The summed E-state index contributed by atoms with van der Waals surface area (Å²) in [6.07, 6.45) is 0.970. The van der Waals surface area contributed by atoms with Crippen molar-refractivity contribution in [3.05, 3.63) is 35.4 Å². The number of hydrogen-bond donors (Lipinski definition) is 1. The molecular weight excluding hydrogens is 224 g/mol. The SMILES string of the molecule is CC(C)(C)NCCN1CCc2ccccc2C1=O. The van der Waals surface area contributed by atoms with Crippen molar-refractivity contribution < 1.29 is 4.79 Å². The van der Waals surface area contributed by atoms with Crippen LogP contribution in [0.3, 0.4) is 0 Å². The van der Waals surface area contributed by atoms with Gasteiger partial charge in [0.05, 0.1) is 0 Å². The summed E-state index contributed by atoms with van der Waals surface area (Å²) in [7, 11) is 0. The van der Waals surface area contributed by atoms with Crippen LogP contribution in [-0.2, 0) is 6.42 Å². The Morgan fingerprint density at radius 1 is 1.28 bits per heavy atom. The molecule has 18 heavy (non-hydrogen) atoms. The number of fused-ring (bicyclic) bond motifs is 1. The molecule has 0 atom stereocenters. The van der Waals surface area contributed by atoms with Crippen molar-refractivity contribution in [1.82, 2.24) is 10.2 Å². The normalized spacial score (nSPS) is 15.7. The Hall–Kier alpha value is -1.35. The zero-order chi connectivity index (χ0) is 13.2. The number of carbonyl (C=O) groups excluding carboxylic acids is 1. The minimum atomic E-state index is 0.108. The Kier molecular flexibility index (Phi) is 3.71. The topological polar surface area (TPSA) is 32.3 Å². The van der Waals surface area contributed by atoms with Gasteiger partial charge in [-0.2, -0.15) is 0 Å². The van der Waals surface area contributed by atoms with Crippen molar-refractivity contribution in [2.24, 2.45) is 0 Å². The van der Waals surface area contributed by atoms with E-state index in [1.165, 1.54) is 5.56 Å². The standard InChI is InChI=1S/C15H22N2O/c1-15(2,3)16-9-11-17-10-8-12-6-4-5-7-13(12)14(17)18/h4-7,16H,8-11H2,1-3H3. The zero-order valence-electron chi connectivity index (χ0n) is 11.5. The van der Waals surface area contributed by atoms with Gasteiger partial charge in [-0.3, -0.25) is 4.79 Å². The summed E-state index contributed by atoms with van der Waals surface area (Å²) in [5, 5.41) is 3.42. The van der Waals surface area contributed by atoms with Crippen molar-refractivity contribution in [3.63, 3.8) is 0 Å². The highest BCUT2D eigenvalue weighted by atomic mass is 16.2. The molecule has 98 valence electrons. The summed E-state index contributed by atoms with van der Waals surface area (Å²) in [5.41, 5.74) is 2.17. The van der Waals surface area contributed by atoms with Gasteiger partial charge >= 0.3 is 0 Å². The lowest BCUT2D eigenvalue weighted by Gasteiger charge is -2.30. The van der Waals surface area contributed by atoms with Crippen LogP contribution in [0.2, 0.25) is 0 Å². The maximum absolute atomic E-state index is 12.3. The van der Waals surface area contributed by atoms with Crippen molar-refractivity contribution in [2.45, 2.75) is 32.7 Å². The summed E-state index contributed by atoms with van der Waals surface area (Å²) >= 11 is 0. The van der Waals surface area contributed by atoms with Crippen molar-refractivity contribution in [3.8, 4) is 0 Å². The molecule has 1 aromatic rings. The molecule has 0 saturated carbocycles. The molecule has 0 radical (unpaired) electrons. The molecule has 3 heteroatoms. The predicted octanol–water partition coefficient (Wildman–Crippen LogP) is 2.07. The second-order valence-corrected chi connectivity index (χ2v) is 5.88. The smallest absolute Gasteiger partial charge is 0.254 e. The third kappa shape index (κ3) is 3.10. The Morgan fingerprint density at radius 3 is 2.72 bits per heavy atom. The number of amides is 1. The Bertz CT molecular complexity index is 434. The fourth-order valence-electron chi connectivity index (χ4n) is 2.25. The maximum atomic E-state index is 12.3. The van der Waals surface area contributed by atoms with E-state index in [1.54, 1.807) is 0 Å². The van der Waals surface area contributed by atoms with Gasteiger partial charge in [-0.1, -0.05) is 18.2 Å². The van der Waals surface area contributed by atoms with Crippen molar-refractivity contribution in [1.29, 1.82) is 0 Å². The molecule has 1 amide bonds. The number of benzene rings is 1. The van der Waals surface area contributed by atoms with Gasteiger partial charge in [0.15, 0.2) is 0 Å². The Morgan fingerprint density at radius 2 is 2.00 bits per heavy atom. The highest BCUT2D eigenvalue weighted by Gasteiger charge is 2.23. The van der Waals surface area contributed by atoms with E-state index in [1.807, 2.05) is 23.1 Å². The minimum Gasteiger partial charge on any atom is -0.337 e. The Balaban J connectivity index is 1.96. The number of nitrogens with one attached hydrogen (secondary N) is 1. The predicted molar refractivity (Wildman–Crippen MR) is 73.8 cm³/mol. The average Bonchev–Trinajstić information content (AvgIpc) is 2.31. The van der Waals surface area contributed by atoms with Crippen LogP contribution in [0, 0.1) is 0 Å². The lowest BCUT2D eigenvalue weighted by molar-refractivity contribution is 0.0738. The molecule has 0 fully saturated rings.